The Morgan fingerprint density at radius 2 is 1.86 bits per heavy atom. The summed E-state index contributed by atoms with van der Waals surface area (Å²) in [6.07, 6.45) is 0.583. The van der Waals surface area contributed by atoms with Crippen LogP contribution in [0.15, 0.2) is 30.3 Å². The number of anilines is 1. The lowest BCUT2D eigenvalue weighted by Gasteiger charge is -2.17. The largest absolute Gasteiger partial charge is 0.383 e. The summed E-state index contributed by atoms with van der Waals surface area (Å²) >= 11 is 2.21. The molecule has 112 valence electrons. The van der Waals surface area contributed by atoms with Gasteiger partial charge >= 0.3 is 0 Å². The van der Waals surface area contributed by atoms with Crippen LogP contribution < -0.4 is 5.73 Å². The number of ether oxygens (including phenoxy) is 1. The van der Waals surface area contributed by atoms with Gasteiger partial charge in [-0.15, -0.1) is 0 Å². The van der Waals surface area contributed by atoms with Crippen LogP contribution in [0, 0.1) is 9.49 Å². The zero-order valence-corrected chi connectivity index (χ0v) is 14.7. The van der Waals surface area contributed by atoms with Gasteiger partial charge in [-0.1, -0.05) is 44.2 Å². The Hall–Kier alpha value is -1.21. The molecule has 0 saturated heterocycles. The molecule has 0 aliphatic rings. The summed E-state index contributed by atoms with van der Waals surface area (Å²) < 4.78 is 6.53. The maximum atomic E-state index is 6.05. The van der Waals surface area contributed by atoms with E-state index in [2.05, 4.69) is 41.4 Å². The number of hydrogen-bond acceptors (Lipinski definition) is 4. The van der Waals surface area contributed by atoms with E-state index in [1.165, 1.54) is 0 Å². The lowest BCUT2D eigenvalue weighted by atomic mass is 10.1. The Labute approximate surface area is 139 Å². The molecule has 1 aromatic heterocycles. The van der Waals surface area contributed by atoms with Crippen molar-refractivity contribution in [2.45, 2.75) is 26.4 Å². The average molecular weight is 397 g/mol. The van der Waals surface area contributed by atoms with E-state index in [4.69, 9.17) is 15.5 Å². The van der Waals surface area contributed by atoms with E-state index in [9.17, 15) is 0 Å². The van der Waals surface area contributed by atoms with E-state index >= 15 is 0 Å². The van der Waals surface area contributed by atoms with Gasteiger partial charge in [0.15, 0.2) is 5.82 Å². The number of nitrogens with two attached hydrogens (primary N) is 1. The second-order valence-corrected chi connectivity index (χ2v) is 6.43. The number of aromatic nitrogens is 2. The van der Waals surface area contributed by atoms with Crippen molar-refractivity contribution in [3.8, 4) is 0 Å². The van der Waals surface area contributed by atoms with E-state index in [1.54, 1.807) is 7.11 Å². The fraction of sp³-hybridized carbons (Fsp3) is 0.375. The molecule has 21 heavy (non-hydrogen) atoms. The highest BCUT2D eigenvalue weighted by molar-refractivity contribution is 14.1. The van der Waals surface area contributed by atoms with Crippen molar-refractivity contribution < 1.29 is 4.74 Å². The van der Waals surface area contributed by atoms with Gasteiger partial charge < -0.3 is 10.5 Å². The summed E-state index contributed by atoms with van der Waals surface area (Å²) in [5.41, 5.74) is 8.07. The third-order valence-corrected chi connectivity index (χ3v) is 4.31. The smallest absolute Gasteiger partial charge is 0.164 e. The minimum Gasteiger partial charge on any atom is -0.383 e. The molecule has 2 rings (SSSR count). The fourth-order valence-electron chi connectivity index (χ4n) is 2.19. The number of halogens is 1. The zero-order chi connectivity index (χ0) is 15.4. The first kappa shape index (κ1) is 16.2. The van der Waals surface area contributed by atoms with Crippen molar-refractivity contribution >= 4 is 28.4 Å². The topological polar surface area (TPSA) is 61.0 Å². The summed E-state index contributed by atoms with van der Waals surface area (Å²) in [4.78, 5) is 9.12. The molecule has 5 heteroatoms. The third kappa shape index (κ3) is 3.91. The monoisotopic (exact) mass is 397 g/mol. The summed E-state index contributed by atoms with van der Waals surface area (Å²) in [5.74, 6) is 1.66. The summed E-state index contributed by atoms with van der Waals surface area (Å²) in [5, 5.41) is 0. The van der Waals surface area contributed by atoms with Gasteiger partial charge in [-0.05, 0) is 40.5 Å². The second-order valence-electron chi connectivity index (χ2n) is 5.35. The van der Waals surface area contributed by atoms with Crippen LogP contribution in [0.25, 0.3) is 0 Å². The first-order chi connectivity index (χ1) is 10.0. The predicted molar refractivity (Wildman–Crippen MR) is 93.0 cm³/mol. The predicted octanol–water partition coefficient (Wildman–Crippen LogP) is 3.60. The van der Waals surface area contributed by atoms with E-state index in [-0.39, 0.29) is 6.10 Å². The Balaban J connectivity index is 2.45. The quantitative estimate of drug-likeness (QED) is 0.784. The molecule has 1 heterocycles. The van der Waals surface area contributed by atoms with E-state index in [0.717, 1.165) is 21.2 Å². The van der Waals surface area contributed by atoms with Crippen LogP contribution in [0.4, 0.5) is 5.82 Å². The molecule has 1 atom stereocenters. The van der Waals surface area contributed by atoms with Gasteiger partial charge in [0.2, 0.25) is 0 Å². The molecule has 1 unspecified atom stereocenters. The highest BCUT2D eigenvalue weighted by atomic mass is 127. The Bertz CT molecular complexity index is 602. The normalized spacial score (nSPS) is 12.6. The van der Waals surface area contributed by atoms with Gasteiger partial charge in [-0.2, -0.15) is 0 Å². The van der Waals surface area contributed by atoms with E-state index < -0.39 is 0 Å². The van der Waals surface area contributed by atoms with E-state index in [1.807, 2.05) is 30.3 Å². The van der Waals surface area contributed by atoms with Gasteiger partial charge in [-0.25, -0.2) is 9.97 Å². The third-order valence-electron chi connectivity index (χ3n) is 3.14. The summed E-state index contributed by atoms with van der Waals surface area (Å²) in [6.45, 7) is 4.33. The molecule has 4 nitrogen and oxygen atoms in total. The van der Waals surface area contributed by atoms with Crippen LogP contribution in [0.2, 0.25) is 0 Å². The number of methoxy groups -OCH3 is 1. The standard InChI is InChI=1S/C16H20IN3O/c1-10(2)9-12-13(17)15(18)20-16(19-12)14(21-3)11-7-5-4-6-8-11/h4-8,10,14H,9H2,1-3H3,(H2,18,19,20). The second kappa shape index (κ2) is 7.17. The van der Waals surface area contributed by atoms with Crippen molar-refractivity contribution in [2.75, 3.05) is 12.8 Å². The molecule has 0 bridgehead atoms. The van der Waals surface area contributed by atoms with Gasteiger partial charge in [0.1, 0.15) is 11.9 Å². The van der Waals surface area contributed by atoms with Crippen molar-refractivity contribution in [2.24, 2.45) is 5.92 Å². The van der Waals surface area contributed by atoms with Gasteiger partial charge in [0, 0.05) is 7.11 Å². The average Bonchev–Trinajstić information content (AvgIpc) is 2.45. The maximum absolute atomic E-state index is 6.05. The maximum Gasteiger partial charge on any atom is 0.164 e. The molecule has 0 radical (unpaired) electrons. The highest BCUT2D eigenvalue weighted by Crippen LogP contribution is 2.26. The molecular weight excluding hydrogens is 377 g/mol. The first-order valence-corrected chi connectivity index (χ1v) is 8.00. The first-order valence-electron chi connectivity index (χ1n) is 6.92. The van der Waals surface area contributed by atoms with Crippen LogP contribution in [-0.2, 0) is 11.2 Å². The molecular formula is C16H20IN3O. The summed E-state index contributed by atoms with van der Waals surface area (Å²) in [6, 6.07) is 9.95. The number of rotatable bonds is 5. The molecule has 0 fully saturated rings. The molecule has 0 aliphatic carbocycles. The van der Waals surface area contributed by atoms with Crippen molar-refractivity contribution in [1.29, 1.82) is 0 Å². The molecule has 0 amide bonds. The number of benzene rings is 1. The fourth-order valence-corrected chi connectivity index (χ4v) is 2.65. The molecule has 2 N–H and O–H groups in total. The number of nitrogens with zero attached hydrogens (tertiary/aromatic N) is 2. The number of nitrogen functional groups attached to an aromatic ring is 1. The highest BCUT2D eigenvalue weighted by Gasteiger charge is 2.20. The minimum absolute atomic E-state index is 0.295. The van der Waals surface area contributed by atoms with Crippen LogP contribution in [0.1, 0.15) is 37.0 Å². The van der Waals surface area contributed by atoms with Crippen molar-refractivity contribution in [3.63, 3.8) is 0 Å². The Morgan fingerprint density at radius 3 is 2.43 bits per heavy atom. The number of hydrogen-bond donors (Lipinski definition) is 1. The Morgan fingerprint density at radius 1 is 1.19 bits per heavy atom. The lowest BCUT2D eigenvalue weighted by Crippen LogP contribution is -2.14. The van der Waals surface area contributed by atoms with Gasteiger partial charge in [0.05, 0.1) is 9.26 Å². The molecule has 2 aromatic rings. The zero-order valence-electron chi connectivity index (χ0n) is 12.5. The van der Waals surface area contributed by atoms with Crippen LogP contribution >= 0.6 is 22.6 Å². The van der Waals surface area contributed by atoms with Crippen molar-refractivity contribution in [3.05, 3.63) is 51.0 Å². The SMILES string of the molecule is COC(c1ccccc1)c1nc(N)c(I)c(CC(C)C)n1. The summed E-state index contributed by atoms with van der Waals surface area (Å²) in [7, 11) is 1.66. The van der Waals surface area contributed by atoms with Gasteiger partial charge in [0.25, 0.3) is 0 Å². The minimum atomic E-state index is -0.295. The van der Waals surface area contributed by atoms with Crippen LogP contribution in [0.5, 0.6) is 0 Å². The van der Waals surface area contributed by atoms with Crippen molar-refractivity contribution in [1.82, 2.24) is 9.97 Å². The Kier molecular flexibility index (Phi) is 5.52. The molecule has 0 spiro atoms. The van der Waals surface area contributed by atoms with Gasteiger partial charge in [-0.3, -0.25) is 0 Å². The van der Waals surface area contributed by atoms with Crippen LogP contribution in [-0.4, -0.2) is 17.1 Å². The molecule has 0 saturated carbocycles. The molecule has 1 aromatic carbocycles. The van der Waals surface area contributed by atoms with E-state index in [0.29, 0.717) is 17.6 Å². The van der Waals surface area contributed by atoms with Crippen LogP contribution in [0.3, 0.4) is 0 Å². The molecule has 0 aliphatic heterocycles. The lowest BCUT2D eigenvalue weighted by molar-refractivity contribution is 0.129.